The van der Waals surface area contributed by atoms with E-state index in [0.29, 0.717) is 0 Å². The first kappa shape index (κ1) is 4.39. The molecule has 4 heavy (non-hydrogen) atoms. The predicted molar refractivity (Wildman–Crippen MR) is 24.6 cm³/mol. The van der Waals surface area contributed by atoms with Gasteiger partial charge in [0.15, 0.2) is 0 Å². The summed E-state index contributed by atoms with van der Waals surface area (Å²) in [6.07, 6.45) is 0. The Bertz CT molecular complexity index is 26.3. The van der Waals surface area contributed by atoms with Crippen LogP contribution in [-0.2, 0) is 0 Å². The van der Waals surface area contributed by atoms with E-state index in [1.54, 1.807) is 0 Å². The second kappa shape index (κ2) is 1.68. The Balaban J connectivity index is 2.80. The van der Waals surface area contributed by atoms with E-state index in [1.165, 1.54) is 0 Å². The van der Waals surface area contributed by atoms with Gasteiger partial charge < -0.3 is 0 Å². The van der Waals surface area contributed by atoms with E-state index in [9.17, 15) is 0 Å². The Kier molecular flexibility index (Phi) is 1.85. The van der Waals surface area contributed by atoms with E-state index in [4.69, 9.17) is 0 Å². The number of hydrogen-bond acceptors (Lipinski definition) is 0. The SMILES string of the molecule is C=[Se](C)C. The van der Waals surface area contributed by atoms with Crippen molar-refractivity contribution in [3.63, 3.8) is 0 Å². The molecule has 0 heterocycles. The molecule has 0 bridgehead atoms. The topological polar surface area (TPSA) is 0 Å². The summed E-state index contributed by atoms with van der Waals surface area (Å²) in [4.78, 5) is 0. The molecule has 0 fully saturated rings. The van der Waals surface area contributed by atoms with E-state index >= 15 is 0 Å². The van der Waals surface area contributed by atoms with Crippen LogP contribution in [0.5, 0.6) is 0 Å². The first-order valence-corrected chi connectivity index (χ1v) is 5.74. The maximum atomic E-state index is 3.76. The summed E-state index contributed by atoms with van der Waals surface area (Å²) < 4.78 is 0. The van der Waals surface area contributed by atoms with Gasteiger partial charge in [-0.25, -0.2) is 0 Å². The molecule has 0 amide bonds. The normalized spacial score (nSPS) is 8.75. The van der Waals surface area contributed by atoms with Gasteiger partial charge in [0, 0.05) is 0 Å². The van der Waals surface area contributed by atoms with E-state index in [-0.39, 0.29) is 13.5 Å². The third kappa shape index (κ3) is 30.4. The number of rotatable bonds is 0. The van der Waals surface area contributed by atoms with E-state index < -0.39 is 0 Å². The van der Waals surface area contributed by atoms with Crippen molar-refractivity contribution in [1.82, 2.24) is 0 Å². The van der Waals surface area contributed by atoms with Crippen molar-refractivity contribution in [1.29, 1.82) is 0 Å². The van der Waals surface area contributed by atoms with Gasteiger partial charge in [0.2, 0.25) is 0 Å². The van der Waals surface area contributed by atoms with Crippen LogP contribution in [-0.4, -0.2) is 18.9 Å². The van der Waals surface area contributed by atoms with Gasteiger partial charge in [-0.15, -0.1) is 0 Å². The second-order valence-corrected chi connectivity index (χ2v) is 5.12. The molecule has 0 saturated heterocycles. The Hall–Kier alpha value is 0.389. The van der Waals surface area contributed by atoms with Crippen molar-refractivity contribution in [3.8, 4) is 0 Å². The minimum absolute atomic E-state index is 0.292. The summed E-state index contributed by atoms with van der Waals surface area (Å²) in [5.74, 6) is 4.36. The minimum atomic E-state index is -0.292. The van der Waals surface area contributed by atoms with E-state index in [2.05, 4.69) is 17.1 Å². The quantitative estimate of drug-likeness (QED) is 0.417. The monoisotopic (exact) mass is 124 g/mol. The Morgan fingerprint density at radius 3 is 1.50 bits per heavy atom. The molecule has 0 spiro atoms. The molecule has 0 aliphatic rings. The summed E-state index contributed by atoms with van der Waals surface area (Å²) in [7, 11) is 0. The average Bonchev–Trinajstić information content (AvgIpc) is 0.811. The van der Waals surface area contributed by atoms with Crippen molar-refractivity contribution in [2.45, 2.75) is 11.6 Å². The van der Waals surface area contributed by atoms with Crippen LogP contribution in [0.15, 0.2) is 0 Å². The molecule has 0 aromatic carbocycles. The molecule has 0 saturated carbocycles. The summed E-state index contributed by atoms with van der Waals surface area (Å²) in [6.45, 7) is 0. The first-order chi connectivity index (χ1) is 1.73. The van der Waals surface area contributed by atoms with Gasteiger partial charge in [0.1, 0.15) is 0 Å². The molecular formula is C3H8Se. The molecule has 0 N–H and O–H groups in total. The van der Waals surface area contributed by atoms with Gasteiger partial charge in [-0.05, 0) is 0 Å². The van der Waals surface area contributed by atoms with E-state index in [1.807, 2.05) is 0 Å². The summed E-state index contributed by atoms with van der Waals surface area (Å²) in [6, 6.07) is 0. The molecule has 1 heteroatoms. The van der Waals surface area contributed by atoms with Gasteiger partial charge in [-0.2, -0.15) is 0 Å². The van der Waals surface area contributed by atoms with Crippen molar-refractivity contribution in [2.75, 3.05) is 0 Å². The predicted octanol–water partition coefficient (Wildman–Crippen LogP) is 0.754. The fourth-order valence-electron chi connectivity index (χ4n) is 0. The van der Waals surface area contributed by atoms with Crippen molar-refractivity contribution >= 4 is 18.9 Å². The van der Waals surface area contributed by atoms with Crippen LogP contribution < -0.4 is 0 Å². The van der Waals surface area contributed by atoms with Gasteiger partial charge in [0.25, 0.3) is 0 Å². The molecule has 0 atom stereocenters. The van der Waals surface area contributed by atoms with Crippen molar-refractivity contribution in [2.24, 2.45) is 0 Å². The fourth-order valence-corrected chi connectivity index (χ4v) is 0. The maximum absolute atomic E-state index is 3.76. The van der Waals surface area contributed by atoms with Gasteiger partial charge >= 0.3 is 30.5 Å². The van der Waals surface area contributed by atoms with Crippen LogP contribution in [0.25, 0.3) is 0 Å². The van der Waals surface area contributed by atoms with Crippen LogP contribution in [0, 0.1) is 0 Å². The van der Waals surface area contributed by atoms with Gasteiger partial charge in [0.05, 0.1) is 0 Å². The van der Waals surface area contributed by atoms with Crippen LogP contribution in [0.4, 0.5) is 0 Å². The average molecular weight is 123 g/mol. The molecule has 0 unspecified atom stereocenters. The molecule has 26 valence electrons. The Labute approximate surface area is 31.3 Å². The Morgan fingerprint density at radius 1 is 1.50 bits per heavy atom. The molecule has 0 aliphatic carbocycles. The first-order valence-electron chi connectivity index (χ1n) is 1.11. The van der Waals surface area contributed by atoms with Crippen molar-refractivity contribution < 1.29 is 0 Å². The molecule has 0 aromatic rings. The summed E-state index contributed by atoms with van der Waals surface area (Å²) in [5.41, 5.74) is 3.76. The van der Waals surface area contributed by atoms with Gasteiger partial charge in [-0.3, -0.25) is 0 Å². The third-order valence-corrected chi connectivity index (χ3v) is 0. The van der Waals surface area contributed by atoms with Crippen LogP contribution in [0.2, 0.25) is 11.6 Å². The molecule has 0 nitrogen and oxygen atoms in total. The van der Waals surface area contributed by atoms with Gasteiger partial charge in [-0.1, -0.05) is 0 Å². The summed E-state index contributed by atoms with van der Waals surface area (Å²) >= 11 is -0.292. The van der Waals surface area contributed by atoms with Crippen LogP contribution in [0.3, 0.4) is 0 Å². The molecule has 0 rings (SSSR count). The molecule has 0 aliphatic heterocycles. The van der Waals surface area contributed by atoms with Crippen LogP contribution >= 0.6 is 0 Å². The second-order valence-electron chi connectivity index (χ2n) is 0.986. The zero-order valence-corrected chi connectivity index (χ0v) is 4.83. The van der Waals surface area contributed by atoms with E-state index in [0.717, 1.165) is 0 Å². The molecule has 0 aromatic heterocycles. The van der Waals surface area contributed by atoms with Crippen molar-refractivity contribution in [3.05, 3.63) is 0 Å². The molecule has 0 radical (unpaired) electrons. The summed E-state index contributed by atoms with van der Waals surface area (Å²) in [5, 5.41) is 0. The third-order valence-electron chi connectivity index (χ3n) is 0. The fraction of sp³-hybridized carbons (Fsp3) is 0.667. The molecular weight excluding hydrogens is 115 g/mol. The zero-order chi connectivity index (χ0) is 3.58. The number of hydrogen-bond donors (Lipinski definition) is 0. The zero-order valence-electron chi connectivity index (χ0n) is 3.12. The Morgan fingerprint density at radius 2 is 1.50 bits per heavy atom. The standard InChI is InChI=1S/C3H8Se/c1-4(2)3/h1H2,2-3H3. The van der Waals surface area contributed by atoms with Crippen LogP contribution in [0.1, 0.15) is 0 Å².